The Kier molecular flexibility index (Phi) is 5.74. The van der Waals surface area contributed by atoms with E-state index in [1.807, 2.05) is 37.3 Å². The number of amides is 1. The Hall–Kier alpha value is -2.96. The largest absolute Gasteiger partial charge is 0.492 e. The lowest BCUT2D eigenvalue weighted by atomic mass is 10.2. The lowest BCUT2D eigenvalue weighted by Gasteiger charge is -2.20. The van der Waals surface area contributed by atoms with E-state index in [9.17, 15) is 4.79 Å². The van der Waals surface area contributed by atoms with Crippen molar-refractivity contribution >= 4 is 44.2 Å². The van der Waals surface area contributed by atoms with Crippen LogP contribution in [0, 0.1) is 0 Å². The van der Waals surface area contributed by atoms with Crippen LogP contribution in [0.15, 0.2) is 67.0 Å². The first-order chi connectivity index (χ1) is 14.2. The minimum Gasteiger partial charge on any atom is -0.492 e. The van der Waals surface area contributed by atoms with Crippen LogP contribution in [0.25, 0.3) is 10.2 Å². The molecule has 5 nitrogen and oxygen atoms in total. The highest BCUT2D eigenvalue weighted by atomic mass is 35.5. The number of para-hydroxylation sites is 1. The number of ether oxygens (including phenoxy) is 1. The summed E-state index contributed by atoms with van der Waals surface area (Å²) in [6.07, 6.45) is 3.46. The first-order valence-corrected chi connectivity index (χ1v) is 10.3. The second kappa shape index (κ2) is 8.59. The Morgan fingerprint density at radius 1 is 1.14 bits per heavy atom. The van der Waals surface area contributed by atoms with Crippen molar-refractivity contribution in [1.82, 2.24) is 9.97 Å². The van der Waals surface area contributed by atoms with E-state index in [0.29, 0.717) is 34.6 Å². The van der Waals surface area contributed by atoms with E-state index in [4.69, 9.17) is 21.3 Å². The number of carbonyl (C=O) groups is 1. The molecule has 4 rings (SSSR count). The molecule has 0 atom stereocenters. The lowest BCUT2D eigenvalue weighted by molar-refractivity contribution is 0.0985. The zero-order chi connectivity index (χ0) is 20.2. The second-order valence-corrected chi connectivity index (χ2v) is 7.74. The maximum atomic E-state index is 13.3. The van der Waals surface area contributed by atoms with Crippen LogP contribution in [-0.4, -0.2) is 22.5 Å². The fourth-order valence-electron chi connectivity index (χ4n) is 2.95. The van der Waals surface area contributed by atoms with Gasteiger partial charge in [0.1, 0.15) is 11.3 Å². The summed E-state index contributed by atoms with van der Waals surface area (Å²) in [7, 11) is 0. The number of nitrogens with zero attached hydrogens (tertiary/aromatic N) is 3. The predicted molar refractivity (Wildman–Crippen MR) is 117 cm³/mol. The van der Waals surface area contributed by atoms with Gasteiger partial charge in [-0.25, -0.2) is 4.98 Å². The second-order valence-electron chi connectivity index (χ2n) is 6.29. The highest BCUT2D eigenvalue weighted by Crippen LogP contribution is 2.35. The highest BCUT2D eigenvalue weighted by Gasteiger charge is 2.22. The number of hydrogen-bond acceptors (Lipinski definition) is 5. The normalized spacial score (nSPS) is 10.8. The minimum absolute atomic E-state index is 0.150. The van der Waals surface area contributed by atoms with E-state index in [2.05, 4.69) is 4.98 Å². The van der Waals surface area contributed by atoms with E-state index in [-0.39, 0.29) is 5.91 Å². The maximum absolute atomic E-state index is 13.3. The van der Waals surface area contributed by atoms with Crippen molar-refractivity contribution in [2.24, 2.45) is 0 Å². The van der Waals surface area contributed by atoms with Crippen LogP contribution in [0.2, 0.25) is 5.02 Å². The van der Waals surface area contributed by atoms with E-state index in [1.54, 1.807) is 41.6 Å². The van der Waals surface area contributed by atoms with Gasteiger partial charge >= 0.3 is 0 Å². The number of benzene rings is 2. The van der Waals surface area contributed by atoms with Gasteiger partial charge in [0.25, 0.3) is 5.91 Å². The number of fused-ring (bicyclic) bond motifs is 1. The molecule has 0 fully saturated rings. The van der Waals surface area contributed by atoms with E-state index in [1.165, 1.54) is 11.3 Å². The summed E-state index contributed by atoms with van der Waals surface area (Å²) in [4.78, 5) is 23.9. The summed E-state index contributed by atoms with van der Waals surface area (Å²) in [6, 6.07) is 16.5. The summed E-state index contributed by atoms with van der Waals surface area (Å²) < 4.78 is 6.67. The van der Waals surface area contributed by atoms with Crippen LogP contribution in [0.3, 0.4) is 0 Å². The molecule has 0 aliphatic heterocycles. The number of rotatable bonds is 6. The fourth-order valence-corrected chi connectivity index (χ4v) is 4.05. The van der Waals surface area contributed by atoms with Crippen LogP contribution in [-0.2, 0) is 6.54 Å². The van der Waals surface area contributed by atoms with Crippen molar-refractivity contribution in [1.29, 1.82) is 0 Å². The molecule has 0 aliphatic carbocycles. The molecule has 0 N–H and O–H groups in total. The summed E-state index contributed by atoms with van der Waals surface area (Å²) >= 11 is 7.44. The van der Waals surface area contributed by atoms with Gasteiger partial charge in [-0.05, 0) is 55.0 Å². The lowest BCUT2D eigenvalue weighted by Crippen LogP contribution is -2.30. The van der Waals surface area contributed by atoms with Gasteiger partial charge in [0.2, 0.25) is 0 Å². The SMILES string of the molecule is CCOc1cccc2sc(N(Cc3cccnc3)C(=O)c3ccc(Cl)cc3)nc12. The van der Waals surface area contributed by atoms with Gasteiger partial charge in [-0.2, -0.15) is 0 Å². The first-order valence-electron chi connectivity index (χ1n) is 9.14. The molecule has 0 unspecified atom stereocenters. The van der Waals surface area contributed by atoms with Gasteiger partial charge in [-0.3, -0.25) is 14.7 Å². The molecular formula is C22H18ClN3O2S. The standard InChI is InChI=1S/C22H18ClN3O2S/c1-2-28-18-6-3-7-19-20(18)25-22(29-19)26(14-15-5-4-12-24-13-15)21(27)16-8-10-17(23)11-9-16/h3-13H,2,14H2,1H3. The Bertz CT molecular complexity index is 1130. The molecule has 29 heavy (non-hydrogen) atoms. The Morgan fingerprint density at radius 3 is 2.69 bits per heavy atom. The number of halogens is 1. The summed E-state index contributed by atoms with van der Waals surface area (Å²) in [5.74, 6) is 0.565. The van der Waals surface area contributed by atoms with Crippen molar-refractivity contribution in [2.45, 2.75) is 13.5 Å². The topological polar surface area (TPSA) is 55.3 Å². The molecular weight excluding hydrogens is 406 g/mol. The van der Waals surface area contributed by atoms with Gasteiger partial charge in [0, 0.05) is 23.0 Å². The molecule has 2 aromatic carbocycles. The van der Waals surface area contributed by atoms with E-state index in [0.717, 1.165) is 15.8 Å². The smallest absolute Gasteiger partial charge is 0.260 e. The van der Waals surface area contributed by atoms with Crippen LogP contribution in [0.5, 0.6) is 5.75 Å². The van der Waals surface area contributed by atoms with E-state index < -0.39 is 0 Å². The molecule has 7 heteroatoms. The maximum Gasteiger partial charge on any atom is 0.260 e. The molecule has 0 aliphatic rings. The number of aromatic nitrogens is 2. The monoisotopic (exact) mass is 423 g/mol. The number of hydrogen-bond donors (Lipinski definition) is 0. The number of carbonyl (C=O) groups excluding carboxylic acids is 1. The molecule has 0 saturated heterocycles. The molecule has 2 aromatic heterocycles. The highest BCUT2D eigenvalue weighted by molar-refractivity contribution is 7.22. The van der Waals surface area contributed by atoms with Crippen LogP contribution < -0.4 is 9.64 Å². The zero-order valence-corrected chi connectivity index (χ0v) is 17.3. The van der Waals surface area contributed by atoms with Crippen molar-refractivity contribution < 1.29 is 9.53 Å². The van der Waals surface area contributed by atoms with Gasteiger partial charge in [-0.15, -0.1) is 0 Å². The number of anilines is 1. The van der Waals surface area contributed by atoms with Crippen molar-refractivity contribution in [3.8, 4) is 5.75 Å². The van der Waals surface area contributed by atoms with Crippen molar-refractivity contribution in [2.75, 3.05) is 11.5 Å². The average molecular weight is 424 g/mol. The Labute approximate surface area is 177 Å². The summed E-state index contributed by atoms with van der Waals surface area (Å²) in [6.45, 7) is 2.85. The van der Waals surface area contributed by atoms with Crippen LogP contribution in [0.1, 0.15) is 22.8 Å². The van der Waals surface area contributed by atoms with Gasteiger partial charge in [0.05, 0.1) is 17.9 Å². The van der Waals surface area contributed by atoms with Crippen molar-refractivity contribution in [3.05, 3.63) is 83.1 Å². The summed E-state index contributed by atoms with van der Waals surface area (Å²) in [5, 5.41) is 1.19. The average Bonchev–Trinajstić information content (AvgIpc) is 3.18. The molecule has 0 radical (unpaired) electrons. The third kappa shape index (κ3) is 4.23. The molecule has 0 spiro atoms. The number of thiazole rings is 1. The fraction of sp³-hybridized carbons (Fsp3) is 0.136. The molecule has 0 bridgehead atoms. The minimum atomic E-state index is -0.150. The van der Waals surface area contributed by atoms with Crippen LogP contribution >= 0.6 is 22.9 Å². The predicted octanol–water partition coefficient (Wildman–Crippen LogP) is 5.59. The number of pyridine rings is 1. The quantitative estimate of drug-likeness (QED) is 0.405. The molecule has 1 amide bonds. The molecule has 2 heterocycles. The van der Waals surface area contributed by atoms with E-state index >= 15 is 0 Å². The Morgan fingerprint density at radius 2 is 1.97 bits per heavy atom. The third-order valence-electron chi connectivity index (χ3n) is 4.30. The molecule has 4 aromatic rings. The molecule has 146 valence electrons. The van der Waals surface area contributed by atoms with Gasteiger partial charge < -0.3 is 4.74 Å². The summed E-state index contributed by atoms with van der Waals surface area (Å²) in [5.41, 5.74) is 2.22. The van der Waals surface area contributed by atoms with Crippen LogP contribution in [0.4, 0.5) is 5.13 Å². The Balaban J connectivity index is 1.77. The third-order valence-corrected chi connectivity index (χ3v) is 5.60. The van der Waals surface area contributed by atoms with Gasteiger partial charge in [-0.1, -0.05) is 35.1 Å². The van der Waals surface area contributed by atoms with Crippen molar-refractivity contribution in [3.63, 3.8) is 0 Å². The first kappa shape index (κ1) is 19.4. The zero-order valence-electron chi connectivity index (χ0n) is 15.7. The van der Waals surface area contributed by atoms with Gasteiger partial charge in [0.15, 0.2) is 5.13 Å². The molecule has 0 saturated carbocycles.